The Hall–Kier alpha value is -2.65. The molecule has 0 saturated carbocycles. The van der Waals surface area contributed by atoms with Crippen molar-refractivity contribution in [2.24, 2.45) is 5.73 Å². The Balaban J connectivity index is 0.000000817. The molecule has 1 aliphatic rings. The number of nitrogen functional groups attached to an aromatic ring is 1. The average Bonchev–Trinajstić information content (AvgIpc) is 3.07. The SMILES string of the molecule is CCN.CNC(=O)c1ccc(N2CCN(Cc3cc(N)on3)CC2)c(C)n1. The molecule has 2 aromatic heterocycles. The Morgan fingerprint density at radius 1 is 1.30 bits per heavy atom. The van der Waals surface area contributed by atoms with E-state index in [2.05, 4.69) is 25.3 Å². The molecule has 27 heavy (non-hydrogen) atoms. The second-order valence-electron chi connectivity index (χ2n) is 6.27. The Morgan fingerprint density at radius 3 is 2.48 bits per heavy atom. The molecular weight excluding hydrogens is 346 g/mol. The average molecular weight is 375 g/mol. The van der Waals surface area contributed by atoms with E-state index in [0.717, 1.165) is 56.3 Å². The number of rotatable bonds is 4. The number of carbonyl (C=O) groups is 1. The maximum absolute atomic E-state index is 11.7. The number of anilines is 2. The first kappa shape index (κ1) is 20.7. The van der Waals surface area contributed by atoms with Crippen LogP contribution < -0.4 is 21.7 Å². The number of amides is 1. The van der Waals surface area contributed by atoms with E-state index in [1.807, 2.05) is 19.9 Å². The van der Waals surface area contributed by atoms with Gasteiger partial charge in [0.2, 0.25) is 5.88 Å². The van der Waals surface area contributed by atoms with Gasteiger partial charge in [-0.05, 0) is 25.6 Å². The summed E-state index contributed by atoms with van der Waals surface area (Å²) in [4.78, 5) is 20.7. The molecule has 0 unspecified atom stereocenters. The van der Waals surface area contributed by atoms with Crippen LogP contribution in [-0.4, -0.2) is 60.7 Å². The van der Waals surface area contributed by atoms with Gasteiger partial charge in [0.15, 0.2) is 0 Å². The van der Waals surface area contributed by atoms with Gasteiger partial charge in [-0.3, -0.25) is 9.69 Å². The topological polar surface area (TPSA) is 127 Å². The van der Waals surface area contributed by atoms with Crippen LogP contribution in [0.2, 0.25) is 0 Å². The Bertz CT molecular complexity index is 739. The quantitative estimate of drug-likeness (QED) is 0.709. The summed E-state index contributed by atoms with van der Waals surface area (Å²) in [5, 5.41) is 6.53. The molecule has 9 nitrogen and oxygen atoms in total. The third kappa shape index (κ3) is 5.66. The minimum absolute atomic E-state index is 0.165. The zero-order valence-corrected chi connectivity index (χ0v) is 16.2. The second kappa shape index (κ2) is 9.89. The highest BCUT2D eigenvalue weighted by molar-refractivity contribution is 5.92. The zero-order chi connectivity index (χ0) is 19.8. The van der Waals surface area contributed by atoms with E-state index in [0.29, 0.717) is 11.6 Å². The van der Waals surface area contributed by atoms with E-state index >= 15 is 0 Å². The van der Waals surface area contributed by atoms with Crippen molar-refractivity contribution in [2.45, 2.75) is 20.4 Å². The smallest absolute Gasteiger partial charge is 0.269 e. The summed E-state index contributed by atoms with van der Waals surface area (Å²) < 4.78 is 4.90. The first-order valence-electron chi connectivity index (χ1n) is 9.06. The largest absolute Gasteiger partial charge is 0.368 e. The third-order valence-corrected chi connectivity index (χ3v) is 4.19. The number of carbonyl (C=O) groups excluding carboxylic acids is 1. The summed E-state index contributed by atoms with van der Waals surface area (Å²) >= 11 is 0. The van der Waals surface area contributed by atoms with Gasteiger partial charge >= 0.3 is 0 Å². The van der Waals surface area contributed by atoms with Gasteiger partial charge < -0.3 is 26.2 Å². The summed E-state index contributed by atoms with van der Waals surface area (Å²) in [6.45, 7) is 8.96. The number of pyridine rings is 1. The summed E-state index contributed by atoms with van der Waals surface area (Å²) in [5.41, 5.74) is 13.6. The fourth-order valence-corrected chi connectivity index (χ4v) is 2.92. The van der Waals surface area contributed by atoms with E-state index in [1.165, 1.54) is 0 Å². The van der Waals surface area contributed by atoms with Crippen LogP contribution in [0.15, 0.2) is 22.7 Å². The van der Waals surface area contributed by atoms with Gasteiger partial charge in [0.25, 0.3) is 5.91 Å². The summed E-state index contributed by atoms with van der Waals surface area (Å²) in [6.07, 6.45) is 0. The molecule has 148 valence electrons. The predicted octanol–water partition coefficient (Wildman–Crippen LogP) is 0.607. The number of nitrogens with one attached hydrogen (secondary N) is 1. The van der Waals surface area contributed by atoms with E-state index in [-0.39, 0.29) is 5.91 Å². The summed E-state index contributed by atoms with van der Waals surface area (Å²) in [6, 6.07) is 5.50. The van der Waals surface area contributed by atoms with Crippen molar-refractivity contribution in [3.05, 3.63) is 35.3 Å². The molecule has 9 heteroatoms. The van der Waals surface area contributed by atoms with Crippen molar-refractivity contribution in [1.82, 2.24) is 20.4 Å². The van der Waals surface area contributed by atoms with E-state index in [1.54, 1.807) is 19.2 Å². The number of nitrogens with zero attached hydrogens (tertiary/aromatic N) is 4. The highest BCUT2D eigenvalue weighted by Crippen LogP contribution is 2.21. The van der Waals surface area contributed by atoms with Gasteiger partial charge in [0.1, 0.15) is 5.69 Å². The number of piperazine rings is 1. The molecule has 0 spiro atoms. The Labute approximate surface area is 159 Å². The van der Waals surface area contributed by atoms with Crippen molar-refractivity contribution in [3.8, 4) is 0 Å². The highest BCUT2D eigenvalue weighted by atomic mass is 16.5. The van der Waals surface area contributed by atoms with E-state index in [4.69, 9.17) is 16.0 Å². The summed E-state index contributed by atoms with van der Waals surface area (Å²) in [7, 11) is 1.61. The maximum atomic E-state index is 11.7. The minimum atomic E-state index is -0.165. The molecule has 5 N–H and O–H groups in total. The molecule has 1 amide bonds. The van der Waals surface area contributed by atoms with Gasteiger partial charge in [-0.2, -0.15) is 0 Å². The molecule has 1 aliphatic heterocycles. The van der Waals surface area contributed by atoms with E-state index in [9.17, 15) is 4.79 Å². The molecule has 0 aliphatic carbocycles. The van der Waals surface area contributed by atoms with Crippen molar-refractivity contribution < 1.29 is 9.32 Å². The normalized spacial score (nSPS) is 14.4. The number of aryl methyl sites for hydroxylation is 1. The van der Waals surface area contributed by atoms with Crippen LogP contribution in [-0.2, 0) is 6.54 Å². The van der Waals surface area contributed by atoms with Crippen molar-refractivity contribution in [3.63, 3.8) is 0 Å². The van der Waals surface area contributed by atoms with Gasteiger partial charge in [0.05, 0.1) is 17.1 Å². The molecule has 0 radical (unpaired) electrons. The van der Waals surface area contributed by atoms with Crippen LogP contribution in [0.4, 0.5) is 11.6 Å². The molecule has 3 rings (SSSR count). The number of hydrogen-bond acceptors (Lipinski definition) is 8. The Morgan fingerprint density at radius 2 is 1.96 bits per heavy atom. The standard InChI is InChI=1S/C16H22N6O2.C2H7N/c1-11-14(4-3-13(19-11)16(23)18-2)22-7-5-21(6-8-22)10-12-9-15(17)24-20-12;1-2-3/h3-4,9H,5-8,10,17H2,1-2H3,(H,18,23);2-3H2,1H3. The lowest BCUT2D eigenvalue weighted by Crippen LogP contribution is -2.46. The molecule has 1 fully saturated rings. The third-order valence-electron chi connectivity index (χ3n) is 4.19. The van der Waals surface area contributed by atoms with Crippen molar-refractivity contribution in [2.75, 3.05) is 50.4 Å². The van der Waals surface area contributed by atoms with Crippen LogP contribution in [0.25, 0.3) is 0 Å². The maximum Gasteiger partial charge on any atom is 0.269 e. The molecule has 0 aromatic carbocycles. The zero-order valence-electron chi connectivity index (χ0n) is 16.2. The van der Waals surface area contributed by atoms with Gasteiger partial charge in [-0.15, -0.1) is 0 Å². The monoisotopic (exact) mass is 375 g/mol. The number of aromatic nitrogens is 2. The van der Waals surface area contributed by atoms with Gasteiger partial charge in [-0.1, -0.05) is 12.1 Å². The lowest BCUT2D eigenvalue weighted by atomic mass is 10.2. The van der Waals surface area contributed by atoms with Crippen molar-refractivity contribution in [1.29, 1.82) is 0 Å². The van der Waals surface area contributed by atoms with Crippen LogP contribution in [0.5, 0.6) is 0 Å². The summed E-state index contributed by atoms with van der Waals surface area (Å²) in [5.74, 6) is 0.183. The molecule has 3 heterocycles. The highest BCUT2D eigenvalue weighted by Gasteiger charge is 2.20. The Kier molecular flexibility index (Phi) is 7.56. The second-order valence-corrected chi connectivity index (χ2v) is 6.27. The molecular formula is C18H29N7O2. The van der Waals surface area contributed by atoms with Crippen LogP contribution in [0.3, 0.4) is 0 Å². The lowest BCUT2D eigenvalue weighted by molar-refractivity contribution is 0.0958. The van der Waals surface area contributed by atoms with Gasteiger partial charge in [-0.25, -0.2) is 4.98 Å². The fourth-order valence-electron chi connectivity index (χ4n) is 2.92. The van der Waals surface area contributed by atoms with Crippen LogP contribution in [0, 0.1) is 6.92 Å². The van der Waals surface area contributed by atoms with E-state index < -0.39 is 0 Å². The minimum Gasteiger partial charge on any atom is -0.368 e. The van der Waals surface area contributed by atoms with Crippen LogP contribution >= 0.6 is 0 Å². The molecule has 0 bridgehead atoms. The molecule has 0 atom stereocenters. The van der Waals surface area contributed by atoms with Crippen LogP contribution in [0.1, 0.15) is 28.8 Å². The van der Waals surface area contributed by atoms with Gasteiger partial charge in [0, 0.05) is 45.8 Å². The van der Waals surface area contributed by atoms with Crippen molar-refractivity contribution >= 4 is 17.5 Å². The molecule has 1 saturated heterocycles. The molecule has 2 aromatic rings. The lowest BCUT2D eigenvalue weighted by Gasteiger charge is -2.36. The number of nitrogens with two attached hydrogens (primary N) is 2. The first-order valence-corrected chi connectivity index (χ1v) is 9.06. The first-order chi connectivity index (χ1) is 13.0. The fraction of sp³-hybridized carbons (Fsp3) is 0.500. The predicted molar refractivity (Wildman–Crippen MR) is 105 cm³/mol. The number of hydrogen-bond donors (Lipinski definition) is 3.